The molecule has 13 heteroatoms. The monoisotopic (exact) mass is 600 g/mol. The van der Waals surface area contributed by atoms with Crippen molar-refractivity contribution in [3.05, 3.63) is 93.2 Å². The molecule has 1 amide bonds. The number of hydrogen-bond acceptors (Lipinski definition) is 10. The van der Waals surface area contributed by atoms with Crippen LogP contribution in [0, 0.1) is 0 Å². The number of hydrogen-bond donors (Lipinski definition) is 2. The first-order valence-electron chi connectivity index (χ1n) is 11.3. The van der Waals surface area contributed by atoms with Gasteiger partial charge in [0.1, 0.15) is 5.76 Å². The summed E-state index contributed by atoms with van der Waals surface area (Å²) in [4.78, 5) is 31.8. The van der Waals surface area contributed by atoms with Crippen molar-refractivity contribution in [1.29, 1.82) is 0 Å². The number of carbonyl (C=O) groups is 2. The van der Waals surface area contributed by atoms with E-state index in [9.17, 15) is 19.8 Å². The SMILES string of the molecule is COc1cc(C2/C(=C(\O)c3ccncc3)C(=O)C(=O)N2c2nnc(SCc3ccc(Cl)cc3Cl)s2)ccc1O. The Bertz CT molecular complexity index is 1610. The lowest BCUT2D eigenvalue weighted by atomic mass is 9.95. The van der Waals surface area contributed by atoms with E-state index < -0.39 is 17.7 Å². The molecule has 198 valence electrons. The zero-order valence-corrected chi connectivity index (χ0v) is 23.2. The molecule has 39 heavy (non-hydrogen) atoms. The molecule has 4 aromatic rings. The van der Waals surface area contributed by atoms with Gasteiger partial charge in [0, 0.05) is 33.8 Å². The normalized spacial score (nSPS) is 16.6. The van der Waals surface area contributed by atoms with Crippen molar-refractivity contribution in [3.63, 3.8) is 0 Å². The van der Waals surface area contributed by atoms with Crippen LogP contribution in [0.1, 0.15) is 22.7 Å². The van der Waals surface area contributed by atoms with Gasteiger partial charge in [0.2, 0.25) is 5.13 Å². The number of thioether (sulfide) groups is 1. The first-order chi connectivity index (χ1) is 18.8. The lowest BCUT2D eigenvalue weighted by molar-refractivity contribution is -0.132. The van der Waals surface area contributed by atoms with E-state index in [4.69, 9.17) is 27.9 Å². The van der Waals surface area contributed by atoms with Gasteiger partial charge in [-0.25, -0.2) is 0 Å². The van der Waals surface area contributed by atoms with Gasteiger partial charge in [0.15, 0.2) is 15.8 Å². The van der Waals surface area contributed by atoms with E-state index in [-0.39, 0.29) is 28.0 Å². The molecule has 5 rings (SSSR count). The highest BCUT2D eigenvalue weighted by atomic mass is 35.5. The molecule has 0 aliphatic carbocycles. The summed E-state index contributed by atoms with van der Waals surface area (Å²) < 4.78 is 5.78. The molecule has 1 unspecified atom stereocenters. The van der Waals surface area contributed by atoms with Crippen LogP contribution >= 0.6 is 46.3 Å². The number of ketones is 1. The molecule has 9 nitrogen and oxygen atoms in total. The summed E-state index contributed by atoms with van der Waals surface area (Å²) in [5, 5.41) is 30.9. The zero-order valence-electron chi connectivity index (χ0n) is 20.0. The summed E-state index contributed by atoms with van der Waals surface area (Å²) in [6.07, 6.45) is 2.93. The van der Waals surface area contributed by atoms with E-state index in [1.54, 1.807) is 18.2 Å². The minimum Gasteiger partial charge on any atom is -0.507 e. The van der Waals surface area contributed by atoms with E-state index >= 15 is 0 Å². The van der Waals surface area contributed by atoms with Gasteiger partial charge >= 0.3 is 5.91 Å². The Morgan fingerprint density at radius 1 is 1.10 bits per heavy atom. The fraction of sp³-hybridized carbons (Fsp3) is 0.115. The van der Waals surface area contributed by atoms with Crippen LogP contribution < -0.4 is 9.64 Å². The van der Waals surface area contributed by atoms with Gasteiger partial charge in [0.05, 0.1) is 18.7 Å². The minimum absolute atomic E-state index is 0.122. The van der Waals surface area contributed by atoms with Crippen LogP contribution in [-0.2, 0) is 15.3 Å². The standard InChI is InChI=1S/C26H18Cl2N4O5S2/c1-37-19-10-14(3-5-18(19)33)21-20(22(34)13-6-8-29-9-7-13)23(35)24(36)32(21)25-30-31-26(39-25)38-12-15-2-4-16(27)11-17(15)28/h2-11,21,33-34H,12H2,1H3/b22-20+. The number of phenols is 1. The van der Waals surface area contributed by atoms with Crippen molar-refractivity contribution < 1.29 is 24.5 Å². The van der Waals surface area contributed by atoms with Crippen LogP contribution in [-0.4, -0.2) is 44.2 Å². The predicted octanol–water partition coefficient (Wildman–Crippen LogP) is 5.87. The number of aromatic hydroxyl groups is 1. The number of Topliss-reactive ketones (excluding diaryl/α,β-unsaturated/α-hetero) is 1. The molecule has 1 aliphatic rings. The number of aliphatic hydroxyl groups excluding tert-OH is 1. The number of ether oxygens (including phenoxy) is 1. The Morgan fingerprint density at radius 3 is 2.59 bits per heavy atom. The highest BCUT2D eigenvalue weighted by Gasteiger charge is 2.48. The van der Waals surface area contributed by atoms with Crippen molar-refractivity contribution in [2.75, 3.05) is 12.0 Å². The van der Waals surface area contributed by atoms with Gasteiger partial charge < -0.3 is 14.9 Å². The molecule has 0 spiro atoms. The second-order valence-electron chi connectivity index (χ2n) is 8.21. The summed E-state index contributed by atoms with van der Waals surface area (Å²) in [5.74, 6) is -1.65. The maximum atomic E-state index is 13.4. The zero-order chi connectivity index (χ0) is 27.7. The van der Waals surface area contributed by atoms with E-state index in [1.165, 1.54) is 60.4 Å². The molecule has 3 heterocycles. The Morgan fingerprint density at radius 2 is 1.87 bits per heavy atom. The summed E-state index contributed by atoms with van der Waals surface area (Å²) in [6.45, 7) is 0. The number of aliphatic hydroxyl groups is 1. The third-order valence-electron chi connectivity index (χ3n) is 5.89. The summed E-state index contributed by atoms with van der Waals surface area (Å²) in [5.41, 5.74) is 1.43. The predicted molar refractivity (Wildman–Crippen MR) is 150 cm³/mol. The highest BCUT2D eigenvalue weighted by Crippen LogP contribution is 2.45. The third kappa shape index (κ3) is 5.30. The molecule has 1 saturated heterocycles. The number of aromatic nitrogens is 3. The Labute approximate surface area is 240 Å². The average Bonchev–Trinajstić information content (AvgIpc) is 3.50. The number of rotatable bonds is 7. The minimum atomic E-state index is -1.07. The van der Waals surface area contributed by atoms with Crippen LogP contribution in [0.25, 0.3) is 5.76 Å². The fourth-order valence-corrected chi connectivity index (χ4v) is 6.44. The number of methoxy groups -OCH3 is 1. The molecule has 2 aromatic heterocycles. The van der Waals surface area contributed by atoms with Crippen molar-refractivity contribution in [2.45, 2.75) is 16.1 Å². The quantitative estimate of drug-likeness (QED) is 0.0879. The molecular formula is C26H18Cl2N4O5S2. The maximum Gasteiger partial charge on any atom is 0.301 e. The second kappa shape index (κ2) is 11.2. The molecule has 1 aliphatic heterocycles. The largest absolute Gasteiger partial charge is 0.507 e. The highest BCUT2D eigenvalue weighted by molar-refractivity contribution is 8.00. The second-order valence-corrected chi connectivity index (χ2v) is 11.2. The topological polar surface area (TPSA) is 126 Å². The Hall–Kier alpha value is -3.64. The number of amides is 1. The lowest BCUT2D eigenvalue weighted by Gasteiger charge is -2.23. The molecule has 1 atom stereocenters. The first-order valence-corrected chi connectivity index (χ1v) is 13.8. The van der Waals surface area contributed by atoms with Gasteiger partial charge in [-0.15, -0.1) is 10.2 Å². The molecule has 0 saturated carbocycles. The summed E-state index contributed by atoms with van der Waals surface area (Å²) >= 11 is 14.7. The van der Waals surface area contributed by atoms with Gasteiger partial charge in [-0.1, -0.05) is 58.4 Å². The van der Waals surface area contributed by atoms with E-state index in [0.29, 0.717) is 31.3 Å². The molecule has 2 N–H and O–H groups in total. The number of pyridine rings is 1. The maximum absolute atomic E-state index is 13.4. The van der Waals surface area contributed by atoms with Crippen molar-refractivity contribution in [3.8, 4) is 11.5 Å². The van der Waals surface area contributed by atoms with Crippen LogP contribution in [0.15, 0.2) is 70.8 Å². The summed E-state index contributed by atoms with van der Waals surface area (Å²) in [6, 6.07) is 11.6. The van der Waals surface area contributed by atoms with Crippen LogP contribution in [0.3, 0.4) is 0 Å². The number of halogens is 2. The van der Waals surface area contributed by atoms with Gasteiger partial charge in [-0.3, -0.25) is 19.5 Å². The Kier molecular flexibility index (Phi) is 7.76. The fourth-order valence-electron chi connectivity index (χ4n) is 4.01. The van der Waals surface area contributed by atoms with Gasteiger partial charge in [0.25, 0.3) is 5.78 Å². The van der Waals surface area contributed by atoms with Crippen molar-refractivity contribution in [2.24, 2.45) is 0 Å². The number of phenolic OH excluding ortho intramolecular Hbond substituents is 1. The van der Waals surface area contributed by atoms with Crippen molar-refractivity contribution in [1.82, 2.24) is 15.2 Å². The molecule has 1 fully saturated rings. The van der Waals surface area contributed by atoms with Crippen LogP contribution in [0.2, 0.25) is 10.0 Å². The molecule has 2 aromatic carbocycles. The van der Waals surface area contributed by atoms with Gasteiger partial charge in [-0.05, 0) is 47.5 Å². The Balaban J connectivity index is 1.55. The van der Waals surface area contributed by atoms with Crippen LogP contribution in [0.4, 0.5) is 5.13 Å². The van der Waals surface area contributed by atoms with E-state index in [0.717, 1.165) is 16.9 Å². The lowest BCUT2D eigenvalue weighted by Crippen LogP contribution is -2.29. The molecule has 0 bridgehead atoms. The summed E-state index contributed by atoms with van der Waals surface area (Å²) in [7, 11) is 1.38. The number of carbonyl (C=O) groups excluding carboxylic acids is 2. The third-order valence-corrected chi connectivity index (χ3v) is 8.58. The van der Waals surface area contributed by atoms with E-state index in [2.05, 4.69) is 15.2 Å². The first kappa shape index (κ1) is 26.9. The van der Waals surface area contributed by atoms with Crippen molar-refractivity contribution >= 4 is 68.9 Å². The number of benzene rings is 2. The van der Waals surface area contributed by atoms with E-state index in [1.807, 2.05) is 6.07 Å². The van der Waals surface area contributed by atoms with Gasteiger partial charge in [-0.2, -0.15) is 0 Å². The number of nitrogens with zero attached hydrogens (tertiary/aromatic N) is 4. The average molecular weight is 601 g/mol. The number of anilines is 1. The smallest absolute Gasteiger partial charge is 0.301 e. The van der Waals surface area contributed by atoms with Crippen LogP contribution in [0.5, 0.6) is 11.5 Å². The molecular weight excluding hydrogens is 583 g/mol. The molecule has 0 radical (unpaired) electrons.